The van der Waals surface area contributed by atoms with Crippen molar-refractivity contribution in [3.05, 3.63) is 29.6 Å². The van der Waals surface area contributed by atoms with Gasteiger partial charge in [0.15, 0.2) is 0 Å². The number of likely N-dealkylation sites (tertiary alicyclic amines) is 1. The second-order valence-electron chi connectivity index (χ2n) is 7.96. The number of carbonyl (C=O) groups excluding carboxylic acids is 2. The Morgan fingerprint density at radius 2 is 1.97 bits per heavy atom. The molecule has 0 bridgehead atoms. The molecule has 2 atom stereocenters. The van der Waals surface area contributed by atoms with Crippen molar-refractivity contribution in [2.24, 2.45) is 5.92 Å². The summed E-state index contributed by atoms with van der Waals surface area (Å²) in [4.78, 5) is 28.0. The molecule has 2 unspecified atom stereocenters. The SMILES string of the molecule is CC(=O)N1CC(CO)CC(N(C(=O)NCc2ccc(OC(F)(F)F)cc2F)C2CC2)C1. The summed E-state index contributed by atoms with van der Waals surface area (Å²) in [6, 6.07) is 2.00. The van der Waals surface area contributed by atoms with E-state index in [0.717, 1.165) is 25.0 Å². The Bertz CT molecular complexity index is 816. The van der Waals surface area contributed by atoms with Gasteiger partial charge in [0.05, 0.1) is 6.04 Å². The molecule has 172 valence electrons. The zero-order chi connectivity index (χ0) is 22.8. The highest BCUT2D eigenvalue weighted by atomic mass is 19.4. The van der Waals surface area contributed by atoms with Crippen LogP contribution < -0.4 is 10.1 Å². The molecular formula is C20H25F4N3O4. The predicted molar refractivity (Wildman–Crippen MR) is 101 cm³/mol. The fraction of sp³-hybridized carbons (Fsp3) is 0.600. The Morgan fingerprint density at radius 1 is 1.26 bits per heavy atom. The van der Waals surface area contributed by atoms with Crippen LogP contribution >= 0.6 is 0 Å². The number of ether oxygens (including phenoxy) is 1. The van der Waals surface area contributed by atoms with Crippen LogP contribution in [-0.4, -0.2) is 65.0 Å². The number of amides is 3. The number of rotatable bonds is 6. The number of hydrogen-bond acceptors (Lipinski definition) is 4. The number of nitrogens with one attached hydrogen (secondary N) is 1. The maximum atomic E-state index is 14.2. The molecule has 1 saturated carbocycles. The number of urea groups is 1. The van der Waals surface area contributed by atoms with Crippen LogP contribution in [-0.2, 0) is 11.3 Å². The highest BCUT2D eigenvalue weighted by molar-refractivity contribution is 5.76. The lowest BCUT2D eigenvalue weighted by molar-refractivity contribution is -0.274. The molecule has 31 heavy (non-hydrogen) atoms. The van der Waals surface area contributed by atoms with Crippen LogP contribution in [0.25, 0.3) is 0 Å². The lowest BCUT2D eigenvalue weighted by atomic mass is 9.93. The molecule has 1 aliphatic carbocycles. The lowest BCUT2D eigenvalue weighted by Gasteiger charge is -2.42. The summed E-state index contributed by atoms with van der Waals surface area (Å²) in [5.74, 6) is -1.89. The summed E-state index contributed by atoms with van der Waals surface area (Å²) < 4.78 is 54.6. The molecule has 2 aliphatic rings. The van der Waals surface area contributed by atoms with Gasteiger partial charge in [-0.05, 0) is 25.3 Å². The first-order valence-electron chi connectivity index (χ1n) is 10.0. The van der Waals surface area contributed by atoms with Gasteiger partial charge in [-0.25, -0.2) is 9.18 Å². The summed E-state index contributed by atoms with van der Waals surface area (Å²) in [7, 11) is 0. The van der Waals surface area contributed by atoms with E-state index in [-0.39, 0.29) is 42.6 Å². The van der Waals surface area contributed by atoms with Crippen molar-refractivity contribution in [3.63, 3.8) is 0 Å². The topological polar surface area (TPSA) is 82.1 Å². The molecule has 3 amide bonds. The lowest BCUT2D eigenvalue weighted by Crippen LogP contribution is -2.57. The van der Waals surface area contributed by atoms with E-state index in [0.29, 0.717) is 25.6 Å². The first kappa shape index (κ1) is 23.1. The second-order valence-corrected chi connectivity index (χ2v) is 7.96. The summed E-state index contributed by atoms with van der Waals surface area (Å²) in [5.41, 5.74) is 0.0147. The van der Waals surface area contributed by atoms with Gasteiger partial charge < -0.3 is 25.0 Å². The van der Waals surface area contributed by atoms with Gasteiger partial charge in [0.2, 0.25) is 5.91 Å². The average Bonchev–Trinajstić information content (AvgIpc) is 3.51. The Balaban J connectivity index is 1.66. The fourth-order valence-corrected chi connectivity index (χ4v) is 3.88. The molecule has 7 nitrogen and oxygen atoms in total. The van der Waals surface area contributed by atoms with E-state index >= 15 is 0 Å². The van der Waals surface area contributed by atoms with E-state index in [9.17, 15) is 32.3 Å². The van der Waals surface area contributed by atoms with Crippen LogP contribution in [0.2, 0.25) is 0 Å². The molecule has 1 aromatic rings. The molecule has 0 spiro atoms. The first-order valence-corrected chi connectivity index (χ1v) is 10.0. The Labute approximate surface area is 176 Å². The minimum absolute atomic E-state index is 0.00339. The highest BCUT2D eigenvalue weighted by Gasteiger charge is 2.41. The average molecular weight is 447 g/mol. The molecule has 0 aromatic heterocycles. The van der Waals surface area contributed by atoms with E-state index in [1.165, 1.54) is 6.92 Å². The Hall–Kier alpha value is -2.56. The van der Waals surface area contributed by atoms with Crippen molar-refractivity contribution < 1.29 is 37.0 Å². The monoisotopic (exact) mass is 447 g/mol. The third-order valence-electron chi connectivity index (χ3n) is 5.47. The molecule has 0 radical (unpaired) electrons. The minimum atomic E-state index is -4.92. The van der Waals surface area contributed by atoms with Gasteiger partial charge in [0, 0.05) is 56.8 Å². The highest BCUT2D eigenvalue weighted by Crippen LogP contribution is 2.33. The number of benzene rings is 1. The zero-order valence-corrected chi connectivity index (χ0v) is 17.0. The first-order chi connectivity index (χ1) is 14.6. The van der Waals surface area contributed by atoms with Gasteiger partial charge in [0.1, 0.15) is 11.6 Å². The summed E-state index contributed by atoms with van der Waals surface area (Å²) in [5, 5.41) is 12.2. The van der Waals surface area contributed by atoms with Crippen LogP contribution in [0.5, 0.6) is 5.75 Å². The van der Waals surface area contributed by atoms with Crippen molar-refractivity contribution in [2.45, 2.75) is 51.2 Å². The summed E-state index contributed by atoms with van der Waals surface area (Å²) in [6.45, 7) is 1.91. The Morgan fingerprint density at radius 3 is 2.52 bits per heavy atom. The molecule has 1 saturated heterocycles. The standard InChI is InChI=1S/C20H25F4N3O4/c1-12(29)26-9-13(11-28)6-16(10-26)27(15-3-4-15)19(30)25-8-14-2-5-17(7-18(14)21)31-20(22,23)24/h2,5,7,13,15-16,28H,3-4,6,8-11H2,1H3,(H,25,30). The smallest absolute Gasteiger partial charge is 0.406 e. The number of halogens is 4. The second kappa shape index (κ2) is 9.29. The molecule has 3 rings (SSSR count). The van der Waals surface area contributed by atoms with E-state index in [2.05, 4.69) is 10.1 Å². The van der Waals surface area contributed by atoms with Gasteiger partial charge in [-0.15, -0.1) is 13.2 Å². The molecular weight excluding hydrogens is 422 g/mol. The number of piperidine rings is 1. The summed E-state index contributed by atoms with van der Waals surface area (Å²) in [6.07, 6.45) is -2.76. The minimum Gasteiger partial charge on any atom is -0.406 e. The molecule has 1 heterocycles. The van der Waals surface area contributed by atoms with Gasteiger partial charge in [-0.3, -0.25) is 4.79 Å². The van der Waals surface area contributed by atoms with E-state index in [4.69, 9.17) is 0 Å². The normalized spacial score (nSPS) is 21.5. The van der Waals surface area contributed by atoms with Crippen LogP contribution in [0.3, 0.4) is 0 Å². The number of carbonyl (C=O) groups is 2. The molecule has 1 aliphatic heterocycles. The zero-order valence-electron chi connectivity index (χ0n) is 17.0. The molecule has 1 aromatic carbocycles. The number of hydrogen-bond donors (Lipinski definition) is 2. The number of alkyl halides is 3. The van der Waals surface area contributed by atoms with Gasteiger partial charge in [-0.1, -0.05) is 6.07 Å². The molecule has 2 N–H and O–H groups in total. The van der Waals surface area contributed by atoms with E-state index in [1.54, 1.807) is 9.80 Å². The third kappa shape index (κ3) is 6.22. The van der Waals surface area contributed by atoms with Crippen LogP contribution in [0.4, 0.5) is 22.4 Å². The maximum absolute atomic E-state index is 14.2. The largest absolute Gasteiger partial charge is 0.573 e. The van der Waals surface area contributed by atoms with Crippen molar-refractivity contribution >= 4 is 11.9 Å². The van der Waals surface area contributed by atoms with Crippen molar-refractivity contribution in [1.82, 2.24) is 15.1 Å². The molecule has 2 fully saturated rings. The van der Waals surface area contributed by atoms with Crippen LogP contribution in [0.15, 0.2) is 18.2 Å². The fourth-order valence-electron chi connectivity index (χ4n) is 3.88. The summed E-state index contributed by atoms with van der Waals surface area (Å²) >= 11 is 0. The van der Waals surface area contributed by atoms with Crippen molar-refractivity contribution in [1.29, 1.82) is 0 Å². The third-order valence-corrected chi connectivity index (χ3v) is 5.47. The van der Waals surface area contributed by atoms with Gasteiger partial charge in [-0.2, -0.15) is 0 Å². The number of nitrogens with zero attached hydrogens (tertiary/aromatic N) is 2. The Kier molecular flexibility index (Phi) is 6.93. The van der Waals surface area contributed by atoms with Crippen molar-refractivity contribution in [3.8, 4) is 5.75 Å². The van der Waals surface area contributed by atoms with Crippen molar-refractivity contribution in [2.75, 3.05) is 19.7 Å². The van der Waals surface area contributed by atoms with E-state index < -0.39 is 24.0 Å². The predicted octanol–water partition coefficient (Wildman–Crippen LogP) is 2.63. The maximum Gasteiger partial charge on any atom is 0.573 e. The van der Waals surface area contributed by atoms with Crippen LogP contribution in [0, 0.1) is 11.7 Å². The van der Waals surface area contributed by atoms with Crippen LogP contribution in [0.1, 0.15) is 31.7 Å². The van der Waals surface area contributed by atoms with E-state index in [1.807, 2.05) is 0 Å². The molecule has 11 heteroatoms. The van der Waals surface area contributed by atoms with Gasteiger partial charge in [0.25, 0.3) is 0 Å². The van der Waals surface area contributed by atoms with Gasteiger partial charge >= 0.3 is 12.4 Å². The quantitative estimate of drug-likeness (QED) is 0.657. The number of aliphatic hydroxyl groups is 1. The number of aliphatic hydroxyl groups excluding tert-OH is 1.